The minimum absolute atomic E-state index is 0.0400. The lowest BCUT2D eigenvalue weighted by Gasteiger charge is -2.39. The Morgan fingerprint density at radius 2 is 1.70 bits per heavy atom. The number of hydrogen-bond acceptors (Lipinski definition) is 6. The minimum Gasteiger partial charge on any atom is -0.372 e. The summed E-state index contributed by atoms with van der Waals surface area (Å²) in [5.41, 5.74) is 4.59. The molecule has 0 aromatic carbocycles. The van der Waals surface area contributed by atoms with Crippen LogP contribution in [0.4, 0.5) is 22.0 Å². The molecule has 7 atom stereocenters. The monoisotopic (exact) mass is 623 g/mol. The molecule has 2 saturated heterocycles. The van der Waals surface area contributed by atoms with Crippen molar-refractivity contribution < 1.29 is 50.7 Å². The van der Waals surface area contributed by atoms with E-state index in [1.165, 1.54) is 6.92 Å². The lowest BCUT2D eigenvalue weighted by atomic mass is 9.90. The zero-order chi connectivity index (χ0) is 32.4. The summed E-state index contributed by atoms with van der Waals surface area (Å²) in [6.07, 6.45) is -8.95. The maximum absolute atomic E-state index is 13.8. The molecule has 43 heavy (non-hydrogen) atoms. The molecule has 0 spiro atoms. The van der Waals surface area contributed by atoms with Crippen LogP contribution in [-0.4, -0.2) is 89.0 Å². The van der Waals surface area contributed by atoms with Crippen LogP contribution in [0.2, 0.25) is 0 Å². The van der Waals surface area contributed by atoms with Crippen LogP contribution in [0.15, 0.2) is 0 Å². The van der Waals surface area contributed by atoms with Crippen LogP contribution in [-0.2, 0) is 28.7 Å². The van der Waals surface area contributed by atoms with Gasteiger partial charge in [-0.05, 0) is 50.9 Å². The topological polar surface area (TPSA) is 160 Å². The highest BCUT2D eigenvalue weighted by Gasteiger charge is 2.70. The van der Waals surface area contributed by atoms with Crippen molar-refractivity contribution >= 4 is 29.5 Å². The molecule has 2 heterocycles. The van der Waals surface area contributed by atoms with Crippen molar-refractivity contribution in [2.45, 2.75) is 108 Å². The molecule has 4 fully saturated rings. The molecule has 0 aromatic rings. The first kappa shape index (κ1) is 32.9. The standard InChI is InChI=1S/C27H38F5N5O6/c1-11(43-13-8-26(28,29)9-13)17(35-23(42)27(30,31)32)22(41)37-10-14-16(25(14,4)5)18(37)21(40)34-15(19(33)38)6-12-7-24(2,3)36-20(12)39/h11-18H,6-10H2,1-5H3,(H2,33,38)(H,34,40)(H,35,42)(H,36,39)/t11-,12-,14+,15+,16+,17+,18+/m1/s1. The summed E-state index contributed by atoms with van der Waals surface area (Å²) in [5, 5.41) is 6.95. The second-order valence-corrected chi connectivity index (χ2v) is 13.5. The molecule has 0 aromatic heterocycles. The molecule has 11 nitrogen and oxygen atoms in total. The van der Waals surface area contributed by atoms with Crippen LogP contribution >= 0.6 is 0 Å². The number of nitrogens with one attached hydrogen (secondary N) is 3. The van der Waals surface area contributed by atoms with Gasteiger partial charge in [0.05, 0.1) is 12.2 Å². The van der Waals surface area contributed by atoms with Crippen LogP contribution in [0.5, 0.6) is 0 Å². The molecule has 2 aliphatic carbocycles. The van der Waals surface area contributed by atoms with E-state index in [-0.39, 0.29) is 24.8 Å². The van der Waals surface area contributed by atoms with Gasteiger partial charge in [0.15, 0.2) is 0 Å². The molecule has 2 aliphatic heterocycles. The number of ether oxygens (including phenoxy) is 1. The van der Waals surface area contributed by atoms with Crippen molar-refractivity contribution in [3.8, 4) is 0 Å². The van der Waals surface area contributed by atoms with Crippen molar-refractivity contribution in [2.24, 2.45) is 28.9 Å². The number of hydrogen-bond donors (Lipinski definition) is 4. The zero-order valence-corrected chi connectivity index (χ0v) is 24.5. The first-order chi connectivity index (χ1) is 19.5. The van der Waals surface area contributed by atoms with Gasteiger partial charge in [0.1, 0.15) is 18.1 Å². The average molecular weight is 624 g/mol. The second-order valence-electron chi connectivity index (χ2n) is 13.5. The molecule has 2 saturated carbocycles. The van der Waals surface area contributed by atoms with Gasteiger partial charge >= 0.3 is 12.1 Å². The fourth-order valence-corrected chi connectivity index (χ4v) is 6.85. The number of alkyl halides is 5. The van der Waals surface area contributed by atoms with E-state index < -0.39 is 102 Å². The highest BCUT2D eigenvalue weighted by molar-refractivity contribution is 5.96. The maximum Gasteiger partial charge on any atom is 0.471 e. The van der Waals surface area contributed by atoms with Gasteiger partial charge in [0.2, 0.25) is 23.6 Å². The van der Waals surface area contributed by atoms with Crippen LogP contribution < -0.4 is 21.7 Å². The van der Waals surface area contributed by atoms with Crippen molar-refractivity contribution in [2.75, 3.05) is 6.54 Å². The summed E-state index contributed by atoms with van der Waals surface area (Å²) in [7, 11) is 0. The number of nitrogens with zero attached hydrogens (tertiary/aromatic N) is 1. The van der Waals surface area contributed by atoms with Crippen LogP contribution in [0.25, 0.3) is 0 Å². The average Bonchev–Trinajstić information content (AvgIpc) is 3.11. The molecule has 16 heteroatoms. The van der Waals surface area contributed by atoms with Crippen molar-refractivity contribution in [1.29, 1.82) is 0 Å². The lowest BCUT2D eigenvalue weighted by Crippen LogP contribution is -2.62. The van der Waals surface area contributed by atoms with Gasteiger partial charge in [-0.1, -0.05) is 13.8 Å². The summed E-state index contributed by atoms with van der Waals surface area (Å²) in [5.74, 6) is -9.80. The van der Waals surface area contributed by atoms with Crippen molar-refractivity contribution in [1.82, 2.24) is 20.9 Å². The summed E-state index contributed by atoms with van der Waals surface area (Å²) >= 11 is 0. The van der Waals surface area contributed by atoms with Gasteiger partial charge in [0, 0.05) is 30.8 Å². The smallest absolute Gasteiger partial charge is 0.372 e. The Bertz CT molecular complexity index is 1190. The van der Waals surface area contributed by atoms with Crippen LogP contribution in [0.3, 0.4) is 0 Å². The van der Waals surface area contributed by atoms with Crippen LogP contribution in [0, 0.1) is 23.2 Å². The van der Waals surface area contributed by atoms with E-state index in [0.29, 0.717) is 6.42 Å². The van der Waals surface area contributed by atoms with E-state index in [4.69, 9.17) is 10.5 Å². The quantitative estimate of drug-likeness (QED) is 0.266. The number of nitrogens with two attached hydrogens (primary N) is 1. The van der Waals surface area contributed by atoms with Crippen molar-refractivity contribution in [3.63, 3.8) is 0 Å². The second kappa shape index (κ2) is 10.8. The van der Waals surface area contributed by atoms with E-state index in [1.807, 2.05) is 13.8 Å². The minimum atomic E-state index is -5.36. The SMILES string of the molecule is C[C@@H](OC1CC(F)(F)C1)[C@H](NC(=O)C(F)(F)F)C(=O)N1C[C@H]2[C@@H]([C@H]1C(=O)N[C@@H](C[C@@H]1CC(C)(C)NC1=O)C(N)=O)C2(C)C. The Hall–Kier alpha value is -3.04. The summed E-state index contributed by atoms with van der Waals surface area (Å²) in [6.45, 7) is 8.45. The highest BCUT2D eigenvalue weighted by Crippen LogP contribution is 2.65. The predicted octanol–water partition coefficient (Wildman–Crippen LogP) is 0.994. The first-order valence-electron chi connectivity index (χ1n) is 14.2. The number of primary amides is 1. The third kappa shape index (κ3) is 6.73. The maximum atomic E-state index is 13.8. The molecule has 0 radical (unpaired) electrons. The van der Waals surface area contributed by atoms with E-state index in [0.717, 1.165) is 4.90 Å². The summed E-state index contributed by atoms with van der Waals surface area (Å²) in [6, 6.07) is -4.47. The highest BCUT2D eigenvalue weighted by atomic mass is 19.4. The molecule has 4 aliphatic rings. The number of carbonyl (C=O) groups excluding carboxylic acids is 5. The fourth-order valence-electron chi connectivity index (χ4n) is 6.85. The number of piperidine rings is 1. The Kier molecular flexibility index (Phi) is 8.29. The normalized spacial score (nSPS) is 30.7. The van der Waals surface area contributed by atoms with Gasteiger partial charge in [-0.2, -0.15) is 13.2 Å². The van der Waals surface area contributed by atoms with Gasteiger partial charge in [0.25, 0.3) is 5.92 Å². The van der Waals surface area contributed by atoms with E-state index >= 15 is 0 Å². The Morgan fingerprint density at radius 3 is 2.19 bits per heavy atom. The predicted molar refractivity (Wildman–Crippen MR) is 139 cm³/mol. The largest absolute Gasteiger partial charge is 0.471 e. The summed E-state index contributed by atoms with van der Waals surface area (Å²) in [4.78, 5) is 65.1. The Balaban J connectivity index is 1.54. The lowest BCUT2D eigenvalue weighted by molar-refractivity contribution is -0.190. The first-order valence-corrected chi connectivity index (χ1v) is 14.2. The molecule has 242 valence electrons. The summed E-state index contributed by atoms with van der Waals surface area (Å²) < 4.78 is 71.7. The molecule has 5 amide bonds. The number of carbonyl (C=O) groups is 5. The number of halogens is 5. The zero-order valence-electron chi connectivity index (χ0n) is 24.5. The Morgan fingerprint density at radius 1 is 1.09 bits per heavy atom. The molecule has 0 bridgehead atoms. The van der Waals surface area contributed by atoms with Gasteiger partial charge < -0.3 is 31.3 Å². The fraction of sp³-hybridized carbons (Fsp3) is 0.815. The molecular formula is C27H38F5N5O6. The number of rotatable bonds is 10. The third-order valence-corrected chi connectivity index (χ3v) is 9.27. The molecule has 5 N–H and O–H groups in total. The molecule has 4 rings (SSSR count). The van der Waals surface area contributed by atoms with Crippen molar-refractivity contribution in [3.05, 3.63) is 0 Å². The van der Waals surface area contributed by atoms with Gasteiger partial charge in [-0.15, -0.1) is 0 Å². The van der Waals surface area contributed by atoms with Gasteiger partial charge in [-0.25, -0.2) is 8.78 Å². The van der Waals surface area contributed by atoms with Crippen LogP contribution in [0.1, 0.15) is 60.3 Å². The number of fused-ring (bicyclic) bond motifs is 1. The van der Waals surface area contributed by atoms with E-state index in [2.05, 4.69) is 10.6 Å². The van der Waals surface area contributed by atoms with E-state index in [1.54, 1.807) is 19.2 Å². The third-order valence-electron chi connectivity index (χ3n) is 9.27. The number of amides is 5. The molecule has 0 unspecified atom stereocenters. The van der Waals surface area contributed by atoms with E-state index in [9.17, 15) is 45.9 Å². The Labute approximate surface area is 245 Å². The van der Waals surface area contributed by atoms with Gasteiger partial charge in [-0.3, -0.25) is 24.0 Å². The molecular weight excluding hydrogens is 585 g/mol. The number of likely N-dealkylation sites (tertiary alicyclic amines) is 1.